The van der Waals surface area contributed by atoms with E-state index in [4.69, 9.17) is 17.3 Å². The lowest BCUT2D eigenvalue weighted by molar-refractivity contribution is 0.0944. The molecule has 21 heavy (non-hydrogen) atoms. The number of benzene rings is 2. The molecule has 1 amide bonds. The topological polar surface area (TPSA) is 67.2 Å². The minimum atomic E-state index is -0.159. The van der Waals surface area contributed by atoms with Crippen molar-refractivity contribution in [1.29, 1.82) is 0 Å². The van der Waals surface area contributed by atoms with Crippen molar-refractivity contribution in [2.45, 2.75) is 19.9 Å². The van der Waals surface area contributed by atoms with Crippen LogP contribution in [0.4, 0.5) is 17.1 Å². The molecule has 0 aliphatic rings. The Bertz CT molecular complexity index is 638. The maximum Gasteiger partial charge on any atom is 0.253 e. The average molecular weight is 304 g/mol. The molecular formula is C16H18ClN3O. The van der Waals surface area contributed by atoms with Crippen molar-refractivity contribution >= 4 is 34.6 Å². The first-order valence-electron chi connectivity index (χ1n) is 6.68. The van der Waals surface area contributed by atoms with Gasteiger partial charge in [-0.25, -0.2) is 0 Å². The van der Waals surface area contributed by atoms with E-state index in [-0.39, 0.29) is 11.9 Å². The summed E-state index contributed by atoms with van der Waals surface area (Å²) in [4.78, 5) is 12.2. The van der Waals surface area contributed by atoms with Crippen molar-refractivity contribution in [1.82, 2.24) is 5.32 Å². The van der Waals surface area contributed by atoms with Gasteiger partial charge in [0.05, 0.1) is 11.3 Å². The van der Waals surface area contributed by atoms with Crippen molar-refractivity contribution in [2.75, 3.05) is 11.1 Å². The van der Waals surface area contributed by atoms with Crippen molar-refractivity contribution in [3.05, 3.63) is 53.1 Å². The van der Waals surface area contributed by atoms with Gasteiger partial charge in [-0.15, -0.1) is 0 Å². The third-order valence-electron chi connectivity index (χ3n) is 2.83. The second-order valence-corrected chi connectivity index (χ2v) is 5.50. The van der Waals surface area contributed by atoms with E-state index in [1.165, 1.54) is 0 Å². The number of nitrogens with one attached hydrogen (secondary N) is 2. The number of amides is 1. The van der Waals surface area contributed by atoms with Gasteiger partial charge in [0.2, 0.25) is 0 Å². The second-order valence-electron chi connectivity index (χ2n) is 5.07. The summed E-state index contributed by atoms with van der Waals surface area (Å²) in [5, 5.41) is 6.73. The Labute approximate surface area is 129 Å². The number of hydrogen-bond acceptors (Lipinski definition) is 3. The molecular weight excluding hydrogens is 286 g/mol. The number of hydrogen-bond donors (Lipinski definition) is 3. The zero-order valence-electron chi connectivity index (χ0n) is 12.0. The smallest absolute Gasteiger partial charge is 0.253 e. The fraction of sp³-hybridized carbons (Fsp3) is 0.188. The van der Waals surface area contributed by atoms with E-state index >= 15 is 0 Å². The lowest BCUT2D eigenvalue weighted by atomic mass is 10.1. The minimum Gasteiger partial charge on any atom is -0.399 e. The third-order valence-corrected chi connectivity index (χ3v) is 3.08. The van der Waals surface area contributed by atoms with Crippen molar-refractivity contribution in [3.63, 3.8) is 0 Å². The van der Waals surface area contributed by atoms with Gasteiger partial charge in [0.25, 0.3) is 5.91 Å². The predicted molar refractivity (Wildman–Crippen MR) is 88.2 cm³/mol. The molecule has 0 saturated carbocycles. The molecule has 4 N–H and O–H groups in total. The van der Waals surface area contributed by atoms with Crippen LogP contribution in [0.15, 0.2) is 42.5 Å². The van der Waals surface area contributed by atoms with Gasteiger partial charge in [0.15, 0.2) is 0 Å². The first-order valence-corrected chi connectivity index (χ1v) is 7.06. The molecule has 0 radical (unpaired) electrons. The molecule has 2 aromatic carbocycles. The molecule has 4 nitrogen and oxygen atoms in total. The standard InChI is InChI=1S/C16H18ClN3O/c1-10(2)19-16(21)14-9-12(18)5-8-15(14)20-13-6-3-11(17)4-7-13/h3-10,20H,18H2,1-2H3,(H,19,21). The van der Waals surface area contributed by atoms with Crippen LogP contribution in [-0.4, -0.2) is 11.9 Å². The van der Waals surface area contributed by atoms with E-state index in [9.17, 15) is 4.79 Å². The van der Waals surface area contributed by atoms with Gasteiger partial charge in [0.1, 0.15) is 0 Å². The summed E-state index contributed by atoms with van der Waals surface area (Å²) < 4.78 is 0. The summed E-state index contributed by atoms with van der Waals surface area (Å²) in [7, 11) is 0. The molecule has 0 heterocycles. The molecule has 0 aliphatic heterocycles. The quantitative estimate of drug-likeness (QED) is 0.753. The van der Waals surface area contributed by atoms with E-state index < -0.39 is 0 Å². The van der Waals surface area contributed by atoms with Gasteiger partial charge >= 0.3 is 0 Å². The highest BCUT2D eigenvalue weighted by atomic mass is 35.5. The summed E-state index contributed by atoms with van der Waals surface area (Å²) in [5.41, 5.74) is 8.39. The summed E-state index contributed by atoms with van der Waals surface area (Å²) in [5.74, 6) is -0.159. The van der Waals surface area contributed by atoms with Gasteiger partial charge in [-0.05, 0) is 56.3 Å². The van der Waals surface area contributed by atoms with Gasteiger partial charge < -0.3 is 16.4 Å². The summed E-state index contributed by atoms with van der Waals surface area (Å²) >= 11 is 5.87. The van der Waals surface area contributed by atoms with Crippen LogP contribution >= 0.6 is 11.6 Å². The Kier molecular flexibility index (Phi) is 4.70. The van der Waals surface area contributed by atoms with Gasteiger partial charge in [0, 0.05) is 22.4 Å². The van der Waals surface area contributed by atoms with Crippen LogP contribution in [0, 0.1) is 0 Å². The number of anilines is 3. The first kappa shape index (κ1) is 15.2. The zero-order chi connectivity index (χ0) is 15.4. The van der Waals surface area contributed by atoms with Crippen molar-refractivity contribution in [2.24, 2.45) is 0 Å². The van der Waals surface area contributed by atoms with Gasteiger partial charge in [-0.2, -0.15) is 0 Å². The van der Waals surface area contributed by atoms with E-state index in [0.717, 1.165) is 5.69 Å². The molecule has 0 atom stereocenters. The number of halogens is 1. The van der Waals surface area contributed by atoms with Crippen LogP contribution in [0.1, 0.15) is 24.2 Å². The van der Waals surface area contributed by atoms with E-state index in [0.29, 0.717) is 22.0 Å². The number of carbonyl (C=O) groups excluding carboxylic acids is 1. The molecule has 110 valence electrons. The highest BCUT2D eigenvalue weighted by Gasteiger charge is 2.13. The van der Waals surface area contributed by atoms with E-state index in [1.807, 2.05) is 26.0 Å². The lowest BCUT2D eigenvalue weighted by Gasteiger charge is -2.14. The van der Waals surface area contributed by atoms with Crippen LogP contribution in [0.2, 0.25) is 5.02 Å². The van der Waals surface area contributed by atoms with Crippen LogP contribution in [-0.2, 0) is 0 Å². The number of nitrogens with two attached hydrogens (primary N) is 1. The molecule has 0 saturated heterocycles. The molecule has 0 aliphatic carbocycles. The molecule has 0 aromatic heterocycles. The molecule has 0 spiro atoms. The Morgan fingerprint density at radius 2 is 1.81 bits per heavy atom. The molecule has 0 fully saturated rings. The Balaban J connectivity index is 2.30. The van der Waals surface area contributed by atoms with E-state index in [1.54, 1.807) is 30.3 Å². The second kappa shape index (κ2) is 6.50. The Morgan fingerprint density at radius 1 is 1.14 bits per heavy atom. The van der Waals surface area contributed by atoms with Gasteiger partial charge in [-0.1, -0.05) is 11.6 Å². The SMILES string of the molecule is CC(C)NC(=O)c1cc(N)ccc1Nc1ccc(Cl)cc1. The summed E-state index contributed by atoms with van der Waals surface area (Å²) in [6, 6.07) is 12.5. The fourth-order valence-corrected chi connectivity index (χ4v) is 2.01. The Hall–Kier alpha value is -2.20. The molecule has 2 aromatic rings. The van der Waals surface area contributed by atoms with Crippen LogP contribution in [0.25, 0.3) is 0 Å². The minimum absolute atomic E-state index is 0.0577. The maximum absolute atomic E-state index is 12.2. The maximum atomic E-state index is 12.2. The first-order chi connectivity index (χ1) is 9.95. The van der Waals surface area contributed by atoms with Crippen LogP contribution < -0.4 is 16.4 Å². The number of carbonyl (C=O) groups is 1. The van der Waals surface area contributed by atoms with Crippen molar-refractivity contribution < 1.29 is 4.79 Å². The largest absolute Gasteiger partial charge is 0.399 e. The summed E-state index contributed by atoms with van der Waals surface area (Å²) in [6.07, 6.45) is 0. The average Bonchev–Trinajstić information content (AvgIpc) is 2.42. The van der Waals surface area contributed by atoms with E-state index in [2.05, 4.69) is 10.6 Å². The normalized spacial score (nSPS) is 10.5. The van der Waals surface area contributed by atoms with Crippen LogP contribution in [0.5, 0.6) is 0 Å². The lowest BCUT2D eigenvalue weighted by Crippen LogP contribution is -2.30. The van der Waals surface area contributed by atoms with Crippen molar-refractivity contribution in [3.8, 4) is 0 Å². The van der Waals surface area contributed by atoms with Crippen LogP contribution in [0.3, 0.4) is 0 Å². The highest BCUT2D eigenvalue weighted by molar-refractivity contribution is 6.30. The Morgan fingerprint density at radius 3 is 2.43 bits per heavy atom. The zero-order valence-corrected chi connectivity index (χ0v) is 12.7. The molecule has 0 unspecified atom stereocenters. The molecule has 0 bridgehead atoms. The number of nitrogen functional groups attached to an aromatic ring is 1. The third kappa shape index (κ3) is 4.13. The monoisotopic (exact) mass is 303 g/mol. The molecule has 2 rings (SSSR count). The number of rotatable bonds is 4. The predicted octanol–water partition coefficient (Wildman–Crippen LogP) is 3.80. The molecule has 5 heteroatoms. The highest BCUT2D eigenvalue weighted by Crippen LogP contribution is 2.24. The summed E-state index contributed by atoms with van der Waals surface area (Å²) in [6.45, 7) is 3.83. The fourth-order valence-electron chi connectivity index (χ4n) is 1.89. The van der Waals surface area contributed by atoms with Gasteiger partial charge in [-0.3, -0.25) is 4.79 Å².